The van der Waals surface area contributed by atoms with E-state index in [9.17, 15) is 14.7 Å². The van der Waals surface area contributed by atoms with Crippen LogP contribution in [-0.2, 0) is 4.74 Å². The predicted molar refractivity (Wildman–Crippen MR) is 85.5 cm³/mol. The maximum absolute atomic E-state index is 12.0. The van der Waals surface area contributed by atoms with E-state index in [-0.39, 0.29) is 17.9 Å². The van der Waals surface area contributed by atoms with Crippen LogP contribution in [-0.4, -0.2) is 22.7 Å². The van der Waals surface area contributed by atoms with Gasteiger partial charge in [0.1, 0.15) is 10.6 Å². The summed E-state index contributed by atoms with van der Waals surface area (Å²) >= 11 is 1.34. The van der Waals surface area contributed by atoms with Crippen LogP contribution in [0.1, 0.15) is 17.3 Å². The fourth-order valence-corrected chi connectivity index (χ4v) is 3.26. The number of hydrogen-bond donors (Lipinski definition) is 2. The molecule has 0 aliphatic carbocycles. The van der Waals surface area contributed by atoms with Crippen LogP contribution in [0, 0.1) is 0 Å². The van der Waals surface area contributed by atoms with E-state index in [1.165, 1.54) is 11.3 Å². The fourth-order valence-electron chi connectivity index (χ4n) is 2.20. The molecule has 2 N–H and O–H groups in total. The van der Waals surface area contributed by atoms with E-state index in [1.807, 2.05) is 30.3 Å². The van der Waals surface area contributed by atoms with Gasteiger partial charge in [-0.05, 0) is 18.6 Å². The van der Waals surface area contributed by atoms with Gasteiger partial charge in [0.2, 0.25) is 0 Å². The maximum Gasteiger partial charge on any atom is 0.347 e. The lowest BCUT2D eigenvalue weighted by Gasteiger charge is -2.03. The summed E-state index contributed by atoms with van der Waals surface area (Å²) in [5.74, 6) is -1.16. The Balaban J connectivity index is 2.19. The first-order valence-corrected chi connectivity index (χ1v) is 7.54. The Bertz CT molecular complexity index is 896. The summed E-state index contributed by atoms with van der Waals surface area (Å²) in [4.78, 5) is 27.9. The van der Waals surface area contributed by atoms with Crippen molar-refractivity contribution in [3.05, 3.63) is 52.3 Å². The van der Waals surface area contributed by atoms with E-state index in [0.29, 0.717) is 10.2 Å². The second-order valence-electron chi connectivity index (χ2n) is 4.62. The van der Waals surface area contributed by atoms with E-state index in [2.05, 4.69) is 4.98 Å². The van der Waals surface area contributed by atoms with Crippen LogP contribution in [0.5, 0.6) is 5.75 Å². The van der Waals surface area contributed by atoms with Gasteiger partial charge in [0, 0.05) is 4.88 Å². The van der Waals surface area contributed by atoms with E-state index in [0.717, 1.165) is 10.4 Å². The molecule has 2 aromatic heterocycles. The summed E-state index contributed by atoms with van der Waals surface area (Å²) in [7, 11) is 0. The number of carbonyl (C=O) groups excluding carboxylic acids is 1. The van der Waals surface area contributed by atoms with Gasteiger partial charge >= 0.3 is 5.97 Å². The molecule has 0 amide bonds. The van der Waals surface area contributed by atoms with Crippen LogP contribution in [0.25, 0.3) is 20.7 Å². The first-order valence-electron chi connectivity index (χ1n) is 6.73. The number of pyridine rings is 1. The molecule has 3 aromatic rings. The molecule has 22 heavy (non-hydrogen) atoms. The molecule has 0 radical (unpaired) electrons. The molecule has 5 nitrogen and oxygen atoms in total. The molecular formula is C16H13NO4S. The van der Waals surface area contributed by atoms with Crippen LogP contribution in [0.3, 0.4) is 0 Å². The zero-order valence-corrected chi connectivity index (χ0v) is 12.6. The van der Waals surface area contributed by atoms with Gasteiger partial charge in [-0.15, -0.1) is 11.3 Å². The number of aromatic nitrogens is 1. The molecule has 0 atom stereocenters. The van der Waals surface area contributed by atoms with Gasteiger partial charge in [0.15, 0.2) is 5.56 Å². The summed E-state index contributed by atoms with van der Waals surface area (Å²) in [6.45, 7) is 1.77. The van der Waals surface area contributed by atoms with Crippen molar-refractivity contribution in [2.75, 3.05) is 6.61 Å². The zero-order valence-electron chi connectivity index (χ0n) is 11.8. The number of ether oxygens (including phenoxy) is 1. The minimum atomic E-state index is -0.824. The maximum atomic E-state index is 12.0. The Kier molecular flexibility index (Phi) is 3.68. The lowest BCUT2D eigenvalue weighted by Crippen LogP contribution is -2.19. The van der Waals surface area contributed by atoms with Crippen molar-refractivity contribution in [2.24, 2.45) is 0 Å². The Morgan fingerprint density at radius 2 is 2.05 bits per heavy atom. The summed E-state index contributed by atoms with van der Waals surface area (Å²) in [6.07, 6.45) is 0. The molecule has 0 spiro atoms. The highest BCUT2D eigenvalue weighted by atomic mass is 32.1. The normalized spacial score (nSPS) is 10.8. The second kappa shape index (κ2) is 5.65. The lowest BCUT2D eigenvalue weighted by atomic mass is 10.1. The van der Waals surface area contributed by atoms with Crippen LogP contribution < -0.4 is 5.56 Å². The third-order valence-corrected chi connectivity index (χ3v) is 4.32. The van der Waals surface area contributed by atoms with Crippen LogP contribution >= 0.6 is 11.3 Å². The topological polar surface area (TPSA) is 79.4 Å². The van der Waals surface area contributed by atoms with Crippen molar-refractivity contribution in [2.45, 2.75) is 6.92 Å². The molecule has 6 heteroatoms. The number of hydrogen-bond acceptors (Lipinski definition) is 5. The summed E-state index contributed by atoms with van der Waals surface area (Å²) < 4.78 is 4.81. The standard InChI is InChI=1S/C16H13NO4S/c1-2-21-16(20)12-13(18)10-8-11(9-6-4-3-5-7-9)22-15(10)17-14(12)19/h3-8H,2H2,1H3,(H2,17,18,19). The molecule has 0 saturated heterocycles. The van der Waals surface area contributed by atoms with Crippen molar-refractivity contribution in [1.29, 1.82) is 0 Å². The number of nitrogens with one attached hydrogen (secondary N) is 1. The smallest absolute Gasteiger partial charge is 0.347 e. The predicted octanol–water partition coefficient (Wildman–Crippen LogP) is 3.14. The molecule has 112 valence electrons. The molecular weight excluding hydrogens is 302 g/mol. The molecule has 3 rings (SSSR count). The highest BCUT2D eigenvalue weighted by Gasteiger charge is 2.21. The number of benzene rings is 1. The lowest BCUT2D eigenvalue weighted by molar-refractivity contribution is 0.0521. The van der Waals surface area contributed by atoms with Gasteiger partial charge in [-0.3, -0.25) is 4.79 Å². The number of aromatic hydroxyl groups is 1. The average Bonchev–Trinajstić information content (AvgIpc) is 2.92. The van der Waals surface area contributed by atoms with Gasteiger partial charge < -0.3 is 14.8 Å². The van der Waals surface area contributed by atoms with E-state index in [1.54, 1.807) is 13.0 Å². The Morgan fingerprint density at radius 1 is 1.32 bits per heavy atom. The van der Waals surface area contributed by atoms with E-state index < -0.39 is 11.5 Å². The van der Waals surface area contributed by atoms with Gasteiger partial charge in [-0.25, -0.2) is 4.79 Å². The van der Waals surface area contributed by atoms with Crippen molar-refractivity contribution in [1.82, 2.24) is 4.98 Å². The van der Waals surface area contributed by atoms with Gasteiger partial charge in [-0.2, -0.15) is 0 Å². The molecule has 0 unspecified atom stereocenters. The van der Waals surface area contributed by atoms with E-state index in [4.69, 9.17) is 4.74 Å². The highest BCUT2D eigenvalue weighted by Crippen LogP contribution is 2.36. The minimum absolute atomic E-state index is 0.134. The molecule has 0 aliphatic rings. The van der Waals surface area contributed by atoms with Crippen LogP contribution in [0.2, 0.25) is 0 Å². The van der Waals surface area contributed by atoms with E-state index >= 15 is 0 Å². The van der Waals surface area contributed by atoms with Crippen LogP contribution in [0.15, 0.2) is 41.2 Å². The average molecular weight is 315 g/mol. The van der Waals surface area contributed by atoms with Gasteiger partial charge in [-0.1, -0.05) is 30.3 Å². The van der Waals surface area contributed by atoms with Crippen LogP contribution in [0.4, 0.5) is 0 Å². The Hall–Kier alpha value is -2.60. The number of esters is 1. The number of carbonyl (C=O) groups is 1. The van der Waals surface area contributed by atoms with Gasteiger partial charge in [0.25, 0.3) is 5.56 Å². The fraction of sp³-hybridized carbons (Fsp3) is 0.125. The zero-order chi connectivity index (χ0) is 15.7. The number of aromatic amines is 1. The number of H-pyrrole nitrogens is 1. The Morgan fingerprint density at radius 3 is 2.73 bits per heavy atom. The highest BCUT2D eigenvalue weighted by molar-refractivity contribution is 7.21. The largest absolute Gasteiger partial charge is 0.506 e. The summed E-state index contributed by atoms with van der Waals surface area (Å²) in [5, 5.41) is 10.7. The Labute approximate surface area is 129 Å². The third-order valence-electron chi connectivity index (χ3n) is 3.22. The number of fused-ring (bicyclic) bond motifs is 1. The first-order chi connectivity index (χ1) is 10.6. The molecule has 0 aliphatic heterocycles. The van der Waals surface area contributed by atoms with Crippen molar-refractivity contribution in [3.8, 4) is 16.2 Å². The number of thiophene rings is 1. The monoisotopic (exact) mass is 315 g/mol. The molecule has 1 aromatic carbocycles. The quantitative estimate of drug-likeness (QED) is 0.728. The SMILES string of the molecule is CCOC(=O)c1c(O)c2cc(-c3ccccc3)sc2[nH]c1=O. The minimum Gasteiger partial charge on any atom is -0.506 e. The van der Waals surface area contributed by atoms with Crippen molar-refractivity contribution < 1.29 is 14.6 Å². The van der Waals surface area contributed by atoms with Crippen molar-refractivity contribution >= 4 is 27.5 Å². The second-order valence-corrected chi connectivity index (χ2v) is 5.67. The first kappa shape index (κ1) is 14.3. The third kappa shape index (κ3) is 2.37. The summed E-state index contributed by atoms with van der Waals surface area (Å²) in [5.41, 5.74) is -0.0293. The number of rotatable bonds is 3. The molecule has 0 bridgehead atoms. The van der Waals surface area contributed by atoms with Crippen molar-refractivity contribution in [3.63, 3.8) is 0 Å². The molecule has 2 heterocycles. The van der Waals surface area contributed by atoms with Gasteiger partial charge in [0.05, 0.1) is 12.0 Å². The molecule has 0 saturated carbocycles. The molecule has 0 fully saturated rings. The summed E-state index contributed by atoms with van der Waals surface area (Å²) in [6, 6.07) is 11.4.